The summed E-state index contributed by atoms with van der Waals surface area (Å²) in [7, 11) is 0. The normalized spacial score (nSPS) is 23.0. The van der Waals surface area contributed by atoms with Crippen LogP contribution in [0.5, 0.6) is 0 Å². The van der Waals surface area contributed by atoms with E-state index in [1.165, 1.54) is 18.6 Å². The summed E-state index contributed by atoms with van der Waals surface area (Å²) >= 11 is 7.66. The molecule has 1 aromatic rings. The summed E-state index contributed by atoms with van der Waals surface area (Å²) in [5, 5.41) is 14.2. The fourth-order valence-corrected chi connectivity index (χ4v) is 3.34. The van der Waals surface area contributed by atoms with Gasteiger partial charge in [-0.25, -0.2) is 4.98 Å². The number of nitrogens with zero attached hydrogens (tertiary/aromatic N) is 2. The van der Waals surface area contributed by atoms with Gasteiger partial charge in [0.2, 0.25) is 5.82 Å². The van der Waals surface area contributed by atoms with E-state index in [-0.39, 0.29) is 21.4 Å². The molecule has 0 bridgehead atoms. The number of aromatic nitrogens is 1. The van der Waals surface area contributed by atoms with Crippen molar-refractivity contribution in [1.82, 2.24) is 4.98 Å². The van der Waals surface area contributed by atoms with Crippen LogP contribution in [-0.2, 0) is 0 Å². The quantitative estimate of drug-likeness (QED) is 0.522. The molecular weight excluding hydrogens is 274 g/mol. The van der Waals surface area contributed by atoms with Gasteiger partial charge in [0.25, 0.3) is 0 Å². The number of nitrogens with one attached hydrogen (secondary N) is 1. The van der Waals surface area contributed by atoms with Crippen LogP contribution < -0.4 is 5.32 Å². The summed E-state index contributed by atoms with van der Waals surface area (Å²) in [6.07, 6.45) is 2.30. The van der Waals surface area contributed by atoms with E-state index in [1.807, 2.05) is 11.8 Å². The first-order valence-electron chi connectivity index (χ1n) is 5.69. The van der Waals surface area contributed by atoms with Crippen LogP contribution in [0.4, 0.5) is 11.5 Å². The molecule has 1 atom stereocenters. The highest BCUT2D eigenvalue weighted by atomic mass is 35.5. The second-order valence-corrected chi connectivity index (χ2v) is 6.58. The van der Waals surface area contributed by atoms with Gasteiger partial charge in [0.15, 0.2) is 0 Å². The molecule has 1 N–H and O–H groups in total. The van der Waals surface area contributed by atoms with Crippen molar-refractivity contribution in [3.05, 3.63) is 27.4 Å². The monoisotopic (exact) mass is 287 g/mol. The molecule has 2 heterocycles. The van der Waals surface area contributed by atoms with Gasteiger partial charge in [-0.1, -0.05) is 11.6 Å². The van der Waals surface area contributed by atoms with Crippen LogP contribution in [0.3, 0.4) is 0 Å². The summed E-state index contributed by atoms with van der Waals surface area (Å²) in [4.78, 5) is 14.4. The smallest absolute Gasteiger partial charge is 0.311 e. The van der Waals surface area contributed by atoms with Crippen molar-refractivity contribution in [2.75, 3.05) is 17.6 Å². The minimum atomic E-state index is -0.449. The molecule has 2 rings (SSSR count). The standard InChI is InChI=1S/C11H14ClN3O2S/c1-11(5-2-6-18-11)7-13-10-8(15(16)17)3-4-9(12)14-10/h3-4H,2,5-7H2,1H3,(H,13,14). The third-order valence-electron chi connectivity index (χ3n) is 2.97. The maximum absolute atomic E-state index is 10.9. The van der Waals surface area contributed by atoms with Gasteiger partial charge < -0.3 is 5.32 Å². The highest BCUT2D eigenvalue weighted by Crippen LogP contribution is 2.38. The Morgan fingerprint density at radius 1 is 1.67 bits per heavy atom. The van der Waals surface area contributed by atoms with E-state index in [4.69, 9.17) is 11.6 Å². The second kappa shape index (κ2) is 5.32. The molecule has 18 heavy (non-hydrogen) atoms. The zero-order valence-electron chi connectivity index (χ0n) is 9.98. The predicted molar refractivity (Wildman–Crippen MR) is 74.5 cm³/mol. The number of hydrogen-bond acceptors (Lipinski definition) is 5. The van der Waals surface area contributed by atoms with Gasteiger partial charge in [-0.15, -0.1) is 0 Å². The van der Waals surface area contributed by atoms with E-state index in [1.54, 1.807) is 0 Å². The Kier molecular flexibility index (Phi) is 3.97. The van der Waals surface area contributed by atoms with Gasteiger partial charge in [0, 0.05) is 17.4 Å². The summed E-state index contributed by atoms with van der Waals surface area (Å²) in [6, 6.07) is 2.80. The van der Waals surface area contributed by atoms with Crippen LogP contribution in [0.15, 0.2) is 12.1 Å². The zero-order chi connectivity index (χ0) is 13.2. The minimum absolute atomic E-state index is 0.0361. The van der Waals surface area contributed by atoms with Crippen molar-refractivity contribution in [2.24, 2.45) is 0 Å². The molecule has 1 saturated heterocycles. The molecule has 1 aliphatic rings. The highest BCUT2D eigenvalue weighted by Gasteiger charge is 2.30. The van der Waals surface area contributed by atoms with Crippen molar-refractivity contribution in [2.45, 2.75) is 24.5 Å². The Morgan fingerprint density at radius 3 is 3.06 bits per heavy atom. The number of rotatable bonds is 4. The highest BCUT2D eigenvalue weighted by molar-refractivity contribution is 8.00. The summed E-state index contributed by atoms with van der Waals surface area (Å²) in [5.41, 5.74) is -0.0361. The number of halogens is 1. The van der Waals surface area contributed by atoms with Crippen molar-refractivity contribution < 1.29 is 4.92 Å². The van der Waals surface area contributed by atoms with Crippen molar-refractivity contribution in [1.29, 1.82) is 0 Å². The van der Waals surface area contributed by atoms with E-state index in [0.717, 1.165) is 12.2 Å². The first-order valence-corrected chi connectivity index (χ1v) is 7.05. The largest absolute Gasteiger partial charge is 0.363 e. The SMILES string of the molecule is CC1(CNc2nc(Cl)ccc2[N+](=O)[O-])CCCS1. The molecule has 1 unspecified atom stereocenters. The lowest BCUT2D eigenvalue weighted by atomic mass is 10.1. The van der Waals surface area contributed by atoms with E-state index in [0.29, 0.717) is 6.54 Å². The van der Waals surface area contributed by atoms with Crippen LogP contribution in [0.2, 0.25) is 5.15 Å². The molecule has 1 aliphatic heterocycles. The van der Waals surface area contributed by atoms with Gasteiger partial charge >= 0.3 is 5.69 Å². The second-order valence-electron chi connectivity index (χ2n) is 4.51. The van der Waals surface area contributed by atoms with Crippen LogP contribution in [0.1, 0.15) is 19.8 Å². The van der Waals surface area contributed by atoms with E-state index >= 15 is 0 Å². The molecule has 0 radical (unpaired) electrons. The van der Waals surface area contributed by atoms with Crippen LogP contribution >= 0.6 is 23.4 Å². The maximum atomic E-state index is 10.9. The van der Waals surface area contributed by atoms with E-state index < -0.39 is 4.92 Å². The average Bonchev–Trinajstić information content (AvgIpc) is 2.74. The Balaban J connectivity index is 2.12. The number of pyridine rings is 1. The Hall–Kier alpha value is -1.01. The molecule has 5 nitrogen and oxygen atoms in total. The number of anilines is 1. The molecule has 7 heteroatoms. The van der Waals surface area contributed by atoms with Crippen LogP contribution in [0, 0.1) is 10.1 Å². The number of hydrogen-bond donors (Lipinski definition) is 1. The summed E-state index contributed by atoms with van der Waals surface area (Å²) in [6.45, 7) is 2.82. The minimum Gasteiger partial charge on any atom is -0.363 e. The number of thioether (sulfide) groups is 1. The van der Waals surface area contributed by atoms with Gasteiger partial charge in [-0.05, 0) is 31.6 Å². The van der Waals surface area contributed by atoms with Gasteiger partial charge in [0.1, 0.15) is 5.15 Å². The molecule has 0 aliphatic carbocycles. The summed E-state index contributed by atoms with van der Waals surface area (Å²) < 4.78 is 0.123. The van der Waals surface area contributed by atoms with Crippen molar-refractivity contribution in [3.63, 3.8) is 0 Å². The van der Waals surface area contributed by atoms with Gasteiger partial charge in [-0.2, -0.15) is 11.8 Å². The predicted octanol–water partition coefficient (Wildman–Crippen LogP) is 3.34. The lowest BCUT2D eigenvalue weighted by Crippen LogP contribution is -2.27. The Labute approximate surface area is 114 Å². The fraction of sp³-hybridized carbons (Fsp3) is 0.545. The van der Waals surface area contributed by atoms with Gasteiger partial charge in [-0.3, -0.25) is 10.1 Å². The third-order valence-corrected chi connectivity index (χ3v) is 4.72. The lowest BCUT2D eigenvalue weighted by Gasteiger charge is -2.23. The average molecular weight is 288 g/mol. The van der Waals surface area contributed by atoms with Gasteiger partial charge in [0.05, 0.1) is 4.92 Å². The Morgan fingerprint density at radius 2 is 2.44 bits per heavy atom. The van der Waals surface area contributed by atoms with E-state index in [9.17, 15) is 10.1 Å². The van der Waals surface area contributed by atoms with Crippen LogP contribution in [-0.4, -0.2) is 27.0 Å². The first kappa shape index (κ1) is 13.4. The third kappa shape index (κ3) is 3.05. The van der Waals surface area contributed by atoms with Crippen molar-refractivity contribution in [3.8, 4) is 0 Å². The topological polar surface area (TPSA) is 68.1 Å². The molecule has 0 aromatic carbocycles. The molecule has 1 aromatic heterocycles. The fourth-order valence-electron chi connectivity index (χ4n) is 1.95. The molecule has 98 valence electrons. The molecule has 0 spiro atoms. The summed E-state index contributed by atoms with van der Waals surface area (Å²) in [5.74, 6) is 1.39. The van der Waals surface area contributed by atoms with Crippen LogP contribution in [0.25, 0.3) is 0 Å². The molecule has 0 amide bonds. The Bertz CT molecular complexity index is 464. The van der Waals surface area contributed by atoms with Crippen molar-refractivity contribution >= 4 is 34.9 Å². The zero-order valence-corrected chi connectivity index (χ0v) is 11.6. The first-order chi connectivity index (χ1) is 8.50. The molecular formula is C11H14ClN3O2S. The van der Waals surface area contributed by atoms with E-state index in [2.05, 4.69) is 17.2 Å². The number of nitro groups is 1. The lowest BCUT2D eigenvalue weighted by molar-refractivity contribution is -0.384. The molecule has 1 fully saturated rings. The molecule has 0 saturated carbocycles. The maximum Gasteiger partial charge on any atom is 0.311 e.